The van der Waals surface area contributed by atoms with Crippen molar-refractivity contribution in [3.05, 3.63) is 71.9 Å². The number of carbonyl (C=O) groups is 15. The van der Waals surface area contributed by atoms with Crippen molar-refractivity contribution < 1.29 is 71.9 Å². The van der Waals surface area contributed by atoms with Gasteiger partial charge in [0.1, 0.15) is 84.6 Å². The molecule has 0 spiro atoms. The van der Waals surface area contributed by atoms with Gasteiger partial charge in [0, 0.05) is 88.4 Å². The Bertz CT molecular complexity index is 4550. The first-order chi connectivity index (χ1) is 64.7. The number of carbonyl (C=O) groups excluding carboxylic acids is 15. The number of para-hydroxylation sites is 1. The van der Waals surface area contributed by atoms with Gasteiger partial charge >= 0.3 is 0 Å². The minimum atomic E-state index is -1.53. The zero-order valence-electron chi connectivity index (χ0n) is 78.3. The fourth-order valence-corrected chi connectivity index (χ4v) is 16.4. The van der Waals surface area contributed by atoms with Crippen LogP contribution in [0.3, 0.4) is 0 Å². The maximum Gasteiger partial charge on any atom is 0.245 e. The molecule has 5 rings (SSSR count). The van der Waals surface area contributed by atoms with Crippen molar-refractivity contribution in [3.8, 4) is 0 Å². The smallest absolute Gasteiger partial charge is 0.245 e. The summed E-state index contributed by atoms with van der Waals surface area (Å²) < 4.78 is 0. The van der Waals surface area contributed by atoms with Crippen molar-refractivity contribution in [2.45, 2.75) is 254 Å². The van der Waals surface area contributed by atoms with Gasteiger partial charge < -0.3 is 145 Å². The summed E-state index contributed by atoms with van der Waals surface area (Å²) in [6.07, 6.45) is 5.17. The second kappa shape index (κ2) is 59.7. The Kier molecular flexibility index (Phi) is 49.9. The first-order valence-corrected chi connectivity index (χ1v) is 48.0. The number of rotatable bonds is 61. The molecule has 2 aliphatic heterocycles. The number of aromatic amines is 1. The van der Waals surface area contributed by atoms with E-state index >= 15 is 14.4 Å². The van der Waals surface area contributed by atoms with Crippen LogP contribution in [-0.4, -0.2) is 288 Å². The quantitative estimate of drug-likeness (QED) is 0.0109. The number of benzene rings is 2. The number of H-pyrrole nitrogens is 1. The molecule has 15 amide bonds. The first kappa shape index (κ1) is 114. The molecule has 49 heteroatoms. The summed E-state index contributed by atoms with van der Waals surface area (Å²) in [6.45, 7) is 9.03. The van der Waals surface area contributed by atoms with E-state index in [9.17, 15) is 57.5 Å². The van der Waals surface area contributed by atoms with Gasteiger partial charge in [0.2, 0.25) is 88.6 Å². The molecule has 3 heterocycles. The van der Waals surface area contributed by atoms with Crippen LogP contribution in [0.25, 0.3) is 10.9 Å². The van der Waals surface area contributed by atoms with Gasteiger partial charge in [0.25, 0.3) is 0 Å². The number of unbranched alkanes of at least 4 members (excludes halogenated alkanes) is 1. The predicted molar refractivity (Wildman–Crippen MR) is 519 cm³/mol. The Morgan fingerprint density at radius 3 is 1.22 bits per heavy atom. The lowest BCUT2D eigenvalue weighted by atomic mass is 9.98. The lowest BCUT2D eigenvalue weighted by Gasteiger charge is -2.31. The second-order valence-corrected chi connectivity index (χ2v) is 35.8. The third-order valence-corrected chi connectivity index (χ3v) is 23.8. The highest BCUT2D eigenvalue weighted by molar-refractivity contribution is 7.98. The van der Waals surface area contributed by atoms with E-state index in [4.69, 9.17) is 67.2 Å². The van der Waals surface area contributed by atoms with Crippen LogP contribution in [0, 0.1) is 38.9 Å². The number of nitrogens with two attached hydrogens (primary N) is 7. The average Bonchev–Trinajstić information content (AvgIpc) is 1.69. The van der Waals surface area contributed by atoms with Gasteiger partial charge in [-0.1, -0.05) is 76.2 Å². The molecule has 37 N–H and O–H groups in total. The van der Waals surface area contributed by atoms with Crippen LogP contribution < -0.4 is 131 Å². The Balaban J connectivity index is 1.38. The number of fused-ring (bicyclic) bond motifs is 1. The number of guanidine groups is 5. The molecule has 754 valence electrons. The standard InChI is InChI=1S/C87H144N32O15S2/c1-48(2)43-63(114-76(128)64(44-51-21-8-7-9-22-51)115-78(130)65(47-135)116-74(126)59(30-18-39-104-87(98)99)109-79(131)66-31-19-40-118(66)50(5)120)77(129)117-68(49(3)4)81(133)111-60(33-42-136-6)75(127)112-61(25-12-13-34-88)82(134)119-41-20-32-67(119)80(132)110-58(29-17-38-103-86(96)97)72(124)107-56(27-15-36-101-84(92)93)70(122)106-55(26-14-35-100-83(90)91)71(123)108-57(28-16-37-102-85(94)95)73(125)113-62(69(89)121)45-52-46-105-54-24-11-10-23-53(52)54/h7-11,21-24,46,48-49,55-68,105,135H,12-20,25-45,47,88H2,1-6H3,(H2,89,121)(H,106,122)(H,107,124)(H,108,123)(H,109,131)(H,110,132)(H,111,133)(H,112,127)(H,113,125)(H,114,128)(H,115,130)(H,116,126)(H,117,129)(H4,90,91,100)(H4,92,93,101)(H4,94,95,102)(H4,96,97,103)(H4,98,99,104)/t55-,56-,57-,58-,59-,60-,61-,62-,63-,64-,65-,66-,67-,68-/m0/s1. The van der Waals surface area contributed by atoms with E-state index in [-0.39, 0.29) is 184 Å². The molecule has 3 aromatic rings. The zero-order chi connectivity index (χ0) is 101. The van der Waals surface area contributed by atoms with Crippen molar-refractivity contribution >= 4 is 154 Å². The van der Waals surface area contributed by atoms with Crippen molar-refractivity contribution in [2.24, 2.45) is 52.0 Å². The molecular weight excluding hydrogens is 1800 g/mol. The number of thiol groups is 1. The predicted octanol–water partition coefficient (Wildman–Crippen LogP) is -4.91. The maximum atomic E-state index is 15.2. The zero-order valence-corrected chi connectivity index (χ0v) is 80.1. The fourth-order valence-electron chi connectivity index (χ4n) is 15.6. The van der Waals surface area contributed by atoms with Crippen LogP contribution in [0.2, 0.25) is 0 Å². The number of aromatic nitrogens is 1. The number of hydrogen-bond acceptors (Lipinski definition) is 23. The van der Waals surface area contributed by atoms with Gasteiger partial charge in [-0.15, -0.1) is 0 Å². The van der Waals surface area contributed by atoms with E-state index in [0.29, 0.717) is 49.1 Å². The molecule has 2 aromatic carbocycles. The third kappa shape index (κ3) is 39.9. The van der Waals surface area contributed by atoms with Gasteiger partial charge in [-0.25, -0.2) is 0 Å². The Labute approximate surface area is 801 Å². The fraction of sp³-hybridized carbons (Fsp3) is 0.609. The van der Waals surface area contributed by atoms with Gasteiger partial charge in [0.05, 0.1) is 0 Å². The van der Waals surface area contributed by atoms with Crippen molar-refractivity contribution in [2.75, 3.05) is 70.1 Å². The van der Waals surface area contributed by atoms with E-state index in [2.05, 4.69) is 108 Å². The molecule has 2 aliphatic rings. The molecule has 47 nitrogen and oxygen atoms in total. The van der Waals surface area contributed by atoms with Crippen LogP contribution in [0.5, 0.6) is 0 Å². The number of hydrogen-bond donors (Lipinski definition) is 31. The minimum absolute atomic E-state index is 0.00203. The van der Waals surface area contributed by atoms with Crippen molar-refractivity contribution in [3.63, 3.8) is 0 Å². The van der Waals surface area contributed by atoms with E-state index in [1.54, 1.807) is 76.5 Å². The Hall–Kier alpha value is -13.0. The van der Waals surface area contributed by atoms with Crippen LogP contribution in [-0.2, 0) is 84.8 Å². The van der Waals surface area contributed by atoms with E-state index in [0.717, 1.165) is 10.9 Å². The van der Waals surface area contributed by atoms with Crippen LogP contribution in [0.1, 0.15) is 168 Å². The highest BCUT2D eigenvalue weighted by Gasteiger charge is 2.43. The maximum absolute atomic E-state index is 15.2. The summed E-state index contributed by atoms with van der Waals surface area (Å²) in [4.78, 5) is 222. The highest BCUT2D eigenvalue weighted by atomic mass is 32.2. The lowest BCUT2D eigenvalue weighted by molar-refractivity contribution is -0.143. The first-order valence-electron chi connectivity index (χ1n) is 46.0. The van der Waals surface area contributed by atoms with E-state index < -0.39 is 191 Å². The number of amides is 15. The van der Waals surface area contributed by atoms with Gasteiger partial charge in [-0.05, 0) is 170 Å². The third-order valence-electron chi connectivity index (χ3n) is 22.8. The summed E-state index contributed by atoms with van der Waals surface area (Å²) in [5.41, 5.74) is 41.7. The summed E-state index contributed by atoms with van der Waals surface area (Å²) in [5, 5.41) is 85.4. The summed E-state index contributed by atoms with van der Waals surface area (Å²) in [7, 11) is 0. The molecule has 0 unspecified atom stereocenters. The molecule has 0 aliphatic carbocycles. The summed E-state index contributed by atoms with van der Waals surface area (Å²) in [5.74, 6) is -14.7. The molecule has 0 saturated carbocycles. The van der Waals surface area contributed by atoms with Crippen LogP contribution in [0.15, 0.2) is 60.8 Å². The van der Waals surface area contributed by atoms with Crippen LogP contribution >= 0.6 is 24.4 Å². The molecule has 1 aromatic heterocycles. The van der Waals surface area contributed by atoms with Gasteiger partial charge in [-0.3, -0.25) is 99.0 Å². The molecule has 136 heavy (non-hydrogen) atoms. The average molecular weight is 1940 g/mol. The number of likely N-dealkylation sites (tertiary alicyclic amines) is 2. The summed E-state index contributed by atoms with van der Waals surface area (Å²) >= 11 is 5.74. The molecular formula is C87H144N32O15S2. The molecule has 14 atom stereocenters. The molecule has 0 radical (unpaired) electrons. The number of thioether (sulfide) groups is 1. The number of nitrogens with zero attached hydrogens (tertiary/aromatic N) is 2. The Morgan fingerprint density at radius 1 is 0.426 bits per heavy atom. The minimum Gasteiger partial charge on any atom is -0.370 e. The van der Waals surface area contributed by atoms with Gasteiger partial charge in [-0.2, -0.15) is 24.4 Å². The number of nitrogens with one attached hydrogen (secondary N) is 23. The van der Waals surface area contributed by atoms with E-state index in [1.807, 2.05) is 18.2 Å². The number of primary amides is 1. The topological polar surface area (TPSA) is 784 Å². The second-order valence-electron chi connectivity index (χ2n) is 34.4. The molecule has 2 saturated heterocycles. The summed E-state index contributed by atoms with van der Waals surface area (Å²) in [6, 6.07) is -2.93. The SMILES string of the molecule is CSCC[C@H](NC(=O)[C@@H](NC(=O)[C@H](CC(C)C)NC(=O)[C@H](Cc1ccccc1)NC(=O)[C@H](CS)NC(=O)[C@H](CCCNC(=N)N)NC(=O)[C@@H]1CCCN1C(C)=O)C(C)C)C(=O)N[C@@H](CCCCN)C(=O)N1CCC[C@H]1C(=O)N[C@@H](CCCNC(=N)N)C(=O)N[C@@H](CCCNC(=N)N)C(=O)N[C@@H](CCCNC(=N)N)C(=O)N[C@@H](CCCNC(=N)N)C(=O)N[C@@H](Cc1c[nH]c2ccccc12)C(N)=O. The Morgan fingerprint density at radius 2 is 0.794 bits per heavy atom. The monoisotopic (exact) mass is 1940 g/mol. The lowest BCUT2D eigenvalue weighted by Crippen LogP contribution is -2.61. The van der Waals surface area contributed by atoms with Crippen LogP contribution in [0.4, 0.5) is 0 Å². The molecule has 0 bridgehead atoms. The van der Waals surface area contributed by atoms with Crippen molar-refractivity contribution in [1.82, 2.24) is 105 Å². The van der Waals surface area contributed by atoms with E-state index in [1.165, 1.54) is 28.5 Å². The normalized spacial score (nSPS) is 16.0. The highest BCUT2D eigenvalue weighted by Crippen LogP contribution is 2.24. The largest absolute Gasteiger partial charge is 0.370 e. The van der Waals surface area contributed by atoms with Crippen molar-refractivity contribution in [1.29, 1.82) is 27.0 Å². The van der Waals surface area contributed by atoms with Gasteiger partial charge in [0.15, 0.2) is 29.8 Å². The molecule has 2 fully saturated rings.